The van der Waals surface area contributed by atoms with Gasteiger partial charge in [-0.15, -0.1) is 0 Å². The number of aromatic nitrogens is 2. The molecular formula is C17H23BrN4O3S. The van der Waals surface area contributed by atoms with Crippen LogP contribution in [-0.2, 0) is 28.3 Å². The molecule has 0 aliphatic heterocycles. The van der Waals surface area contributed by atoms with Gasteiger partial charge in [0.2, 0.25) is 15.9 Å². The van der Waals surface area contributed by atoms with Gasteiger partial charge in [-0.3, -0.25) is 4.79 Å². The van der Waals surface area contributed by atoms with E-state index in [9.17, 15) is 13.2 Å². The number of amides is 1. The summed E-state index contributed by atoms with van der Waals surface area (Å²) in [5.41, 5.74) is 0. The number of hydrogen-bond donors (Lipinski definition) is 2. The first kappa shape index (κ1) is 20.6. The average molecular weight is 443 g/mol. The summed E-state index contributed by atoms with van der Waals surface area (Å²) in [5, 5.41) is 2.79. The molecule has 1 heterocycles. The lowest BCUT2D eigenvalue weighted by atomic mass is 10.1. The monoisotopic (exact) mass is 442 g/mol. The van der Waals surface area contributed by atoms with Crippen LogP contribution in [0.4, 0.5) is 0 Å². The second-order valence-corrected chi connectivity index (χ2v) is 8.92. The van der Waals surface area contributed by atoms with Crippen LogP contribution in [0.3, 0.4) is 0 Å². The van der Waals surface area contributed by atoms with Crippen molar-refractivity contribution in [1.29, 1.82) is 0 Å². The number of imidazole rings is 1. The van der Waals surface area contributed by atoms with Crippen molar-refractivity contribution >= 4 is 31.9 Å². The first-order valence-electron chi connectivity index (χ1n) is 8.22. The number of hydrogen-bond acceptors (Lipinski definition) is 4. The molecule has 0 bridgehead atoms. The van der Waals surface area contributed by atoms with Crippen LogP contribution in [0.5, 0.6) is 0 Å². The smallest absolute Gasteiger partial charge is 0.241 e. The van der Waals surface area contributed by atoms with Gasteiger partial charge in [-0.2, -0.15) is 4.72 Å². The number of carbonyl (C=O) groups excluding carboxylic acids is 1. The molecule has 1 amide bonds. The van der Waals surface area contributed by atoms with E-state index in [1.165, 1.54) is 12.1 Å². The minimum Gasteiger partial charge on any atom is -0.354 e. The Kier molecular flexibility index (Phi) is 6.96. The normalized spacial score (nSPS) is 13.0. The van der Waals surface area contributed by atoms with Gasteiger partial charge in [0.15, 0.2) is 0 Å². The number of sulfonamides is 1. The second-order valence-electron chi connectivity index (χ2n) is 6.29. The summed E-state index contributed by atoms with van der Waals surface area (Å²) >= 11 is 3.27. The molecule has 2 N–H and O–H groups in total. The zero-order valence-electron chi connectivity index (χ0n) is 14.9. The fraction of sp³-hybridized carbons (Fsp3) is 0.412. The highest BCUT2D eigenvalue weighted by atomic mass is 79.9. The summed E-state index contributed by atoms with van der Waals surface area (Å²) in [6.07, 6.45) is 4.10. The topological polar surface area (TPSA) is 93.1 Å². The highest BCUT2D eigenvalue weighted by Gasteiger charge is 2.28. The number of benzene rings is 1. The van der Waals surface area contributed by atoms with E-state index in [2.05, 4.69) is 31.0 Å². The standard InChI is InChI=1S/C17H23BrN4O3S/c1-12(2)16(17(23)20-9-8-15-19-10-11-22(15)3)21-26(24,25)14-6-4-13(18)5-7-14/h4-7,10-12,16,21H,8-9H2,1-3H3,(H,20,23)/t16-/m0/s1. The van der Waals surface area contributed by atoms with Crippen molar-refractivity contribution in [2.75, 3.05) is 6.54 Å². The molecule has 7 nitrogen and oxygen atoms in total. The van der Waals surface area contributed by atoms with Gasteiger partial charge in [0.05, 0.1) is 4.90 Å². The number of halogens is 1. The molecule has 9 heteroatoms. The van der Waals surface area contributed by atoms with E-state index in [0.717, 1.165) is 10.3 Å². The molecule has 1 atom stereocenters. The molecule has 0 aliphatic rings. The Morgan fingerprint density at radius 3 is 2.46 bits per heavy atom. The maximum absolute atomic E-state index is 12.5. The molecule has 0 radical (unpaired) electrons. The largest absolute Gasteiger partial charge is 0.354 e. The molecule has 2 aromatic rings. The van der Waals surface area contributed by atoms with Crippen LogP contribution in [0.1, 0.15) is 19.7 Å². The molecule has 26 heavy (non-hydrogen) atoms. The predicted molar refractivity (Wildman–Crippen MR) is 103 cm³/mol. The lowest BCUT2D eigenvalue weighted by Gasteiger charge is -2.21. The fourth-order valence-electron chi connectivity index (χ4n) is 2.39. The van der Waals surface area contributed by atoms with Gasteiger partial charge in [-0.05, 0) is 30.2 Å². The molecular weight excluding hydrogens is 420 g/mol. The maximum Gasteiger partial charge on any atom is 0.241 e. The van der Waals surface area contributed by atoms with E-state index >= 15 is 0 Å². The summed E-state index contributed by atoms with van der Waals surface area (Å²) in [7, 11) is -1.91. The SMILES string of the molecule is CC(C)[C@H](NS(=O)(=O)c1ccc(Br)cc1)C(=O)NCCc1nccn1C. The summed E-state index contributed by atoms with van der Waals surface area (Å²) < 4.78 is 30.3. The van der Waals surface area contributed by atoms with Crippen LogP contribution < -0.4 is 10.0 Å². The Labute approximate surface area is 162 Å². The van der Waals surface area contributed by atoms with Crippen molar-refractivity contribution in [3.05, 3.63) is 47.0 Å². The summed E-state index contributed by atoms with van der Waals surface area (Å²) in [5.74, 6) is 0.296. The maximum atomic E-state index is 12.5. The molecule has 0 aliphatic carbocycles. The summed E-state index contributed by atoms with van der Waals surface area (Å²) in [6, 6.07) is 5.41. The molecule has 1 aromatic heterocycles. The van der Waals surface area contributed by atoms with Crippen molar-refractivity contribution in [1.82, 2.24) is 19.6 Å². The minimum absolute atomic E-state index is 0.118. The third kappa shape index (κ3) is 5.39. The fourth-order valence-corrected chi connectivity index (χ4v) is 3.99. The molecule has 142 valence electrons. The molecule has 2 rings (SSSR count). The van der Waals surface area contributed by atoms with Crippen molar-refractivity contribution in [2.45, 2.75) is 31.2 Å². The van der Waals surface area contributed by atoms with Crippen molar-refractivity contribution in [3.8, 4) is 0 Å². The van der Waals surface area contributed by atoms with Gasteiger partial charge in [0.1, 0.15) is 11.9 Å². The Morgan fingerprint density at radius 2 is 1.92 bits per heavy atom. The van der Waals surface area contributed by atoms with Crippen LogP contribution in [0.2, 0.25) is 0 Å². The number of nitrogens with one attached hydrogen (secondary N) is 2. The van der Waals surface area contributed by atoms with Crippen molar-refractivity contribution in [2.24, 2.45) is 13.0 Å². The quantitative estimate of drug-likeness (QED) is 0.651. The van der Waals surface area contributed by atoms with E-state index in [-0.39, 0.29) is 16.7 Å². The Balaban J connectivity index is 2.01. The lowest BCUT2D eigenvalue weighted by molar-refractivity contribution is -0.123. The van der Waals surface area contributed by atoms with E-state index < -0.39 is 16.1 Å². The highest BCUT2D eigenvalue weighted by Crippen LogP contribution is 2.16. The zero-order chi connectivity index (χ0) is 19.3. The third-order valence-corrected chi connectivity index (χ3v) is 5.91. The van der Waals surface area contributed by atoms with E-state index in [4.69, 9.17) is 0 Å². The van der Waals surface area contributed by atoms with Gasteiger partial charge >= 0.3 is 0 Å². The summed E-state index contributed by atoms with van der Waals surface area (Å²) in [4.78, 5) is 16.8. The van der Waals surface area contributed by atoms with Crippen molar-refractivity contribution < 1.29 is 13.2 Å². The average Bonchev–Trinajstić information content (AvgIpc) is 2.98. The van der Waals surface area contributed by atoms with Gasteiger partial charge in [-0.1, -0.05) is 29.8 Å². The Hall–Kier alpha value is -1.71. The lowest BCUT2D eigenvalue weighted by Crippen LogP contribution is -2.50. The van der Waals surface area contributed by atoms with E-state index in [1.54, 1.807) is 32.2 Å². The summed E-state index contributed by atoms with van der Waals surface area (Å²) in [6.45, 7) is 3.98. The number of rotatable bonds is 8. The van der Waals surface area contributed by atoms with E-state index in [0.29, 0.717) is 13.0 Å². The molecule has 0 spiro atoms. The van der Waals surface area contributed by atoms with Crippen LogP contribution in [0.25, 0.3) is 0 Å². The van der Waals surface area contributed by atoms with Gasteiger partial charge in [-0.25, -0.2) is 13.4 Å². The number of carbonyl (C=O) groups is 1. The first-order chi connectivity index (χ1) is 12.2. The first-order valence-corrected chi connectivity index (χ1v) is 10.5. The Morgan fingerprint density at radius 1 is 1.27 bits per heavy atom. The molecule has 0 fully saturated rings. The van der Waals surface area contributed by atoms with Crippen LogP contribution >= 0.6 is 15.9 Å². The van der Waals surface area contributed by atoms with E-state index in [1.807, 2.05) is 17.8 Å². The van der Waals surface area contributed by atoms with Crippen LogP contribution in [0, 0.1) is 5.92 Å². The third-order valence-electron chi connectivity index (χ3n) is 3.92. The zero-order valence-corrected chi connectivity index (χ0v) is 17.3. The molecule has 0 saturated heterocycles. The predicted octanol–water partition coefficient (Wildman–Crippen LogP) is 1.84. The highest BCUT2D eigenvalue weighted by molar-refractivity contribution is 9.10. The van der Waals surface area contributed by atoms with Gasteiger partial charge in [0.25, 0.3) is 0 Å². The second kappa shape index (κ2) is 8.79. The molecule has 1 aromatic carbocycles. The Bertz CT molecular complexity index is 847. The minimum atomic E-state index is -3.79. The van der Waals surface area contributed by atoms with Crippen LogP contribution in [-0.4, -0.2) is 36.5 Å². The number of aryl methyl sites for hydroxylation is 1. The van der Waals surface area contributed by atoms with Crippen molar-refractivity contribution in [3.63, 3.8) is 0 Å². The van der Waals surface area contributed by atoms with Crippen LogP contribution in [0.15, 0.2) is 46.0 Å². The van der Waals surface area contributed by atoms with Gasteiger partial charge in [0, 0.05) is 36.9 Å². The molecule has 0 unspecified atom stereocenters. The van der Waals surface area contributed by atoms with Gasteiger partial charge < -0.3 is 9.88 Å². The number of nitrogens with zero attached hydrogens (tertiary/aromatic N) is 2. The molecule has 0 saturated carbocycles.